The van der Waals surface area contributed by atoms with Crippen LogP contribution in [0.2, 0.25) is 10.0 Å². The third-order valence-corrected chi connectivity index (χ3v) is 3.22. The highest BCUT2D eigenvalue weighted by Crippen LogP contribution is 2.25. The van der Waals surface area contributed by atoms with Crippen molar-refractivity contribution in [1.29, 1.82) is 0 Å². The van der Waals surface area contributed by atoms with Crippen molar-refractivity contribution < 1.29 is 4.79 Å². The minimum Gasteiger partial charge on any atom is -0.307 e. The highest BCUT2D eigenvalue weighted by molar-refractivity contribution is 6.37. The zero-order valence-electron chi connectivity index (χ0n) is 10.7. The zero-order chi connectivity index (χ0) is 14.5. The molecule has 0 radical (unpaired) electrons. The van der Waals surface area contributed by atoms with Crippen molar-refractivity contribution >= 4 is 41.0 Å². The van der Waals surface area contributed by atoms with Gasteiger partial charge in [-0.2, -0.15) is 0 Å². The second kappa shape index (κ2) is 6.55. The first-order chi connectivity index (χ1) is 9.56. The van der Waals surface area contributed by atoms with Crippen LogP contribution in [0.15, 0.2) is 42.6 Å². The van der Waals surface area contributed by atoms with Gasteiger partial charge in [0.05, 0.1) is 0 Å². The van der Waals surface area contributed by atoms with Crippen LogP contribution < -0.4 is 5.32 Å². The number of benzene rings is 1. The first kappa shape index (κ1) is 14.6. The summed E-state index contributed by atoms with van der Waals surface area (Å²) in [6.07, 6.45) is 4.63. The Morgan fingerprint density at radius 3 is 2.50 bits per heavy atom. The number of aryl methyl sites for hydroxylation is 1. The molecule has 5 heteroatoms. The molecule has 1 aromatic carbocycles. The van der Waals surface area contributed by atoms with E-state index in [0.717, 1.165) is 5.56 Å². The van der Waals surface area contributed by atoms with Gasteiger partial charge in [-0.1, -0.05) is 35.3 Å². The molecule has 1 heterocycles. The summed E-state index contributed by atoms with van der Waals surface area (Å²) in [4.78, 5) is 15.9. The maximum atomic E-state index is 11.8. The van der Waals surface area contributed by atoms with Gasteiger partial charge in [0.15, 0.2) is 0 Å². The van der Waals surface area contributed by atoms with Gasteiger partial charge in [0.25, 0.3) is 0 Å². The number of anilines is 1. The smallest absolute Gasteiger partial charge is 0.249 e. The molecule has 0 saturated heterocycles. The predicted octanol–water partition coefficient (Wildman–Crippen LogP) is 4.35. The van der Waals surface area contributed by atoms with E-state index < -0.39 is 0 Å². The Labute approximate surface area is 127 Å². The van der Waals surface area contributed by atoms with Gasteiger partial charge in [0, 0.05) is 27.9 Å². The first-order valence-electron chi connectivity index (χ1n) is 5.92. The lowest BCUT2D eigenvalue weighted by molar-refractivity contribution is -0.111. The van der Waals surface area contributed by atoms with Gasteiger partial charge in [0.2, 0.25) is 5.91 Å². The van der Waals surface area contributed by atoms with E-state index in [9.17, 15) is 4.79 Å². The van der Waals surface area contributed by atoms with E-state index in [1.807, 2.05) is 13.0 Å². The average molecular weight is 307 g/mol. The number of nitrogens with one attached hydrogen (secondary N) is 1. The number of halogens is 2. The summed E-state index contributed by atoms with van der Waals surface area (Å²) in [6, 6.07) is 8.79. The maximum absolute atomic E-state index is 11.8. The van der Waals surface area contributed by atoms with Crippen molar-refractivity contribution in [1.82, 2.24) is 4.98 Å². The Hall–Kier alpha value is -1.84. The van der Waals surface area contributed by atoms with Crippen molar-refractivity contribution in [2.45, 2.75) is 6.92 Å². The van der Waals surface area contributed by atoms with Gasteiger partial charge in [0.1, 0.15) is 5.82 Å². The molecule has 0 fully saturated rings. The van der Waals surface area contributed by atoms with Crippen LogP contribution in [-0.2, 0) is 4.79 Å². The summed E-state index contributed by atoms with van der Waals surface area (Å²) in [5.74, 6) is 0.202. The van der Waals surface area contributed by atoms with Gasteiger partial charge in [-0.15, -0.1) is 0 Å². The predicted molar refractivity (Wildman–Crippen MR) is 83.1 cm³/mol. The fourth-order valence-corrected chi connectivity index (χ4v) is 2.06. The van der Waals surface area contributed by atoms with Gasteiger partial charge in [-0.25, -0.2) is 4.98 Å². The van der Waals surface area contributed by atoms with Gasteiger partial charge in [-0.3, -0.25) is 4.79 Å². The number of aromatic nitrogens is 1. The zero-order valence-corrected chi connectivity index (χ0v) is 12.2. The molecule has 1 N–H and O–H groups in total. The fraction of sp³-hybridized carbons (Fsp3) is 0.0667. The van der Waals surface area contributed by atoms with Crippen molar-refractivity contribution in [2.75, 3.05) is 5.32 Å². The molecule has 0 bridgehead atoms. The Balaban J connectivity index is 2.08. The summed E-state index contributed by atoms with van der Waals surface area (Å²) >= 11 is 12.0. The quantitative estimate of drug-likeness (QED) is 0.857. The van der Waals surface area contributed by atoms with Crippen LogP contribution >= 0.6 is 23.2 Å². The summed E-state index contributed by atoms with van der Waals surface area (Å²) < 4.78 is 0. The molecule has 1 aromatic heterocycles. The first-order valence-corrected chi connectivity index (χ1v) is 6.67. The number of nitrogens with zero attached hydrogens (tertiary/aromatic N) is 1. The lowest BCUT2D eigenvalue weighted by Crippen LogP contribution is -2.09. The molecule has 0 spiro atoms. The number of pyridine rings is 1. The fourth-order valence-electron chi connectivity index (χ4n) is 1.54. The average Bonchev–Trinajstić information content (AvgIpc) is 2.41. The topological polar surface area (TPSA) is 42.0 Å². The molecule has 0 aliphatic carbocycles. The van der Waals surface area contributed by atoms with E-state index >= 15 is 0 Å². The highest BCUT2D eigenvalue weighted by Gasteiger charge is 2.03. The van der Waals surface area contributed by atoms with Crippen LogP contribution in [0, 0.1) is 6.92 Å². The Bertz CT molecular complexity index is 631. The van der Waals surface area contributed by atoms with Gasteiger partial charge in [-0.05, 0) is 36.8 Å². The second-order valence-electron chi connectivity index (χ2n) is 4.18. The number of carbonyl (C=O) groups excluding carboxylic acids is 1. The van der Waals surface area contributed by atoms with Crippen LogP contribution in [0.1, 0.15) is 11.1 Å². The summed E-state index contributed by atoms with van der Waals surface area (Å²) in [6.45, 7) is 1.93. The molecule has 102 valence electrons. The van der Waals surface area contributed by atoms with E-state index in [1.165, 1.54) is 6.08 Å². The molecular weight excluding hydrogens is 295 g/mol. The SMILES string of the molecule is Cc1ccc(NC(=O)/C=C/c2c(Cl)cccc2Cl)nc1. The Morgan fingerprint density at radius 2 is 1.90 bits per heavy atom. The van der Waals surface area contributed by atoms with Gasteiger partial charge < -0.3 is 5.32 Å². The molecule has 0 saturated carbocycles. The van der Waals surface area contributed by atoms with E-state index in [0.29, 0.717) is 21.4 Å². The Morgan fingerprint density at radius 1 is 1.20 bits per heavy atom. The van der Waals surface area contributed by atoms with Crippen LogP contribution in [0.4, 0.5) is 5.82 Å². The van der Waals surface area contributed by atoms with E-state index in [2.05, 4.69) is 10.3 Å². The number of rotatable bonds is 3. The third kappa shape index (κ3) is 3.83. The third-order valence-electron chi connectivity index (χ3n) is 2.56. The Kier molecular flexibility index (Phi) is 4.77. The van der Waals surface area contributed by atoms with E-state index in [1.54, 1.807) is 36.5 Å². The molecule has 0 unspecified atom stereocenters. The molecule has 2 rings (SSSR count). The molecular formula is C15H12Cl2N2O. The maximum Gasteiger partial charge on any atom is 0.249 e. The number of carbonyl (C=O) groups is 1. The number of hydrogen-bond donors (Lipinski definition) is 1. The lowest BCUT2D eigenvalue weighted by atomic mass is 10.2. The van der Waals surface area contributed by atoms with Crippen molar-refractivity contribution in [2.24, 2.45) is 0 Å². The molecule has 0 atom stereocenters. The van der Waals surface area contributed by atoms with E-state index in [4.69, 9.17) is 23.2 Å². The molecule has 2 aromatic rings. The van der Waals surface area contributed by atoms with Crippen molar-refractivity contribution in [3.05, 3.63) is 63.8 Å². The van der Waals surface area contributed by atoms with E-state index in [-0.39, 0.29) is 5.91 Å². The van der Waals surface area contributed by atoms with Gasteiger partial charge >= 0.3 is 0 Å². The standard InChI is InChI=1S/C15H12Cl2N2O/c1-10-5-7-14(18-9-10)19-15(20)8-6-11-12(16)3-2-4-13(11)17/h2-9H,1H3,(H,18,19,20)/b8-6+. The normalized spacial score (nSPS) is 10.8. The molecule has 3 nitrogen and oxygen atoms in total. The molecule has 0 aliphatic rings. The minimum absolute atomic E-state index is 0.294. The van der Waals surface area contributed by atoms with Crippen LogP contribution in [0.25, 0.3) is 6.08 Å². The number of amides is 1. The summed E-state index contributed by atoms with van der Waals surface area (Å²) in [5.41, 5.74) is 1.64. The van der Waals surface area contributed by atoms with Crippen molar-refractivity contribution in [3.63, 3.8) is 0 Å². The summed E-state index contributed by atoms with van der Waals surface area (Å²) in [7, 11) is 0. The van der Waals surface area contributed by atoms with Crippen molar-refractivity contribution in [3.8, 4) is 0 Å². The van der Waals surface area contributed by atoms with Crippen LogP contribution in [-0.4, -0.2) is 10.9 Å². The minimum atomic E-state index is -0.294. The largest absolute Gasteiger partial charge is 0.307 e. The monoisotopic (exact) mass is 306 g/mol. The van der Waals surface area contributed by atoms with Crippen LogP contribution in [0.5, 0.6) is 0 Å². The van der Waals surface area contributed by atoms with Crippen LogP contribution in [0.3, 0.4) is 0 Å². The highest BCUT2D eigenvalue weighted by atomic mass is 35.5. The summed E-state index contributed by atoms with van der Waals surface area (Å²) in [5, 5.41) is 3.65. The number of hydrogen-bond acceptors (Lipinski definition) is 2. The molecule has 1 amide bonds. The molecule has 20 heavy (non-hydrogen) atoms. The molecule has 0 aliphatic heterocycles. The lowest BCUT2D eigenvalue weighted by Gasteiger charge is -2.02. The second-order valence-corrected chi connectivity index (χ2v) is 4.99.